The van der Waals surface area contributed by atoms with Gasteiger partial charge in [0, 0.05) is 5.56 Å². The van der Waals surface area contributed by atoms with Crippen molar-refractivity contribution in [2.75, 3.05) is 0 Å². The Kier molecular flexibility index (Phi) is 3.01. The van der Waals surface area contributed by atoms with Gasteiger partial charge in [-0.05, 0) is 23.4 Å². The van der Waals surface area contributed by atoms with Crippen LogP contribution in [0.25, 0.3) is 23.9 Å². The molecule has 0 radical (unpaired) electrons. The highest BCUT2D eigenvalue weighted by molar-refractivity contribution is 5.59. The van der Waals surface area contributed by atoms with E-state index in [1.165, 1.54) is 0 Å². The lowest BCUT2D eigenvalue weighted by molar-refractivity contribution is 1.31. The molecular weight excluding hydrogens is 196 g/mol. The second-order valence-corrected chi connectivity index (χ2v) is 3.57. The summed E-state index contributed by atoms with van der Waals surface area (Å²) in [5.41, 5.74) is 2.15. The van der Waals surface area contributed by atoms with Crippen molar-refractivity contribution in [3.8, 4) is 11.3 Å². The Morgan fingerprint density at radius 1 is 1.38 bits per heavy atom. The van der Waals surface area contributed by atoms with Crippen molar-refractivity contribution >= 4 is 12.7 Å². The molecule has 0 aliphatic carbocycles. The minimum Gasteiger partial charge on any atom is -0.345 e. The number of imidazole rings is 1. The lowest BCUT2D eigenvalue weighted by atomic mass is 10.1. The van der Waals surface area contributed by atoms with E-state index in [2.05, 4.69) is 28.7 Å². The number of nitrogens with one attached hydrogen (secondary N) is 1. The summed E-state index contributed by atoms with van der Waals surface area (Å²) in [7, 11) is 0. The molecule has 0 spiro atoms. The van der Waals surface area contributed by atoms with Crippen LogP contribution in [0.4, 0.5) is 0 Å². The van der Waals surface area contributed by atoms with Crippen LogP contribution in [-0.4, -0.2) is 9.97 Å². The minimum atomic E-state index is 1.02. The number of hydrogen-bond acceptors (Lipinski definition) is 1. The van der Waals surface area contributed by atoms with Crippen molar-refractivity contribution in [1.82, 2.24) is 9.97 Å². The SMILES string of the molecule is C=c1ccc(-c2cnc[nH]2)c/c1=C/C=C\C. The normalized spacial score (nSPS) is 12.4. The van der Waals surface area contributed by atoms with E-state index in [1.54, 1.807) is 6.33 Å². The number of allylic oxidation sites excluding steroid dienone is 2. The van der Waals surface area contributed by atoms with Crippen LogP contribution >= 0.6 is 0 Å². The summed E-state index contributed by atoms with van der Waals surface area (Å²) >= 11 is 0. The molecule has 2 nitrogen and oxygen atoms in total. The minimum absolute atomic E-state index is 1.02. The molecule has 2 heteroatoms. The van der Waals surface area contributed by atoms with Gasteiger partial charge in [-0.2, -0.15) is 0 Å². The molecule has 1 aromatic carbocycles. The number of aromatic nitrogens is 2. The van der Waals surface area contributed by atoms with Crippen LogP contribution in [0.2, 0.25) is 0 Å². The Hall–Kier alpha value is -2.09. The fraction of sp³-hybridized carbons (Fsp3) is 0.0714. The van der Waals surface area contributed by atoms with E-state index >= 15 is 0 Å². The molecular formula is C14H14N2. The summed E-state index contributed by atoms with van der Waals surface area (Å²) in [6.45, 7) is 6.00. The molecule has 2 aromatic rings. The molecule has 0 saturated heterocycles. The summed E-state index contributed by atoms with van der Waals surface area (Å²) in [4.78, 5) is 7.11. The van der Waals surface area contributed by atoms with Gasteiger partial charge in [0.2, 0.25) is 0 Å². The van der Waals surface area contributed by atoms with Gasteiger partial charge in [-0.3, -0.25) is 0 Å². The molecule has 1 N–H and O–H groups in total. The molecule has 0 atom stereocenters. The highest BCUT2D eigenvalue weighted by atomic mass is 14.9. The van der Waals surface area contributed by atoms with Crippen molar-refractivity contribution in [1.29, 1.82) is 0 Å². The van der Waals surface area contributed by atoms with Crippen LogP contribution in [0, 0.1) is 0 Å². The topological polar surface area (TPSA) is 28.7 Å². The number of hydrogen-bond donors (Lipinski definition) is 1. The van der Waals surface area contributed by atoms with Gasteiger partial charge < -0.3 is 4.98 Å². The van der Waals surface area contributed by atoms with Crippen molar-refractivity contribution < 1.29 is 0 Å². The first kappa shape index (κ1) is 10.4. The Morgan fingerprint density at radius 2 is 2.25 bits per heavy atom. The number of benzene rings is 1. The van der Waals surface area contributed by atoms with E-state index < -0.39 is 0 Å². The number of nitrogens with zero attached hydrogens (tertiary/aromatic N) is 1. The summed E-state index contributed by atoms with van der Waals surface area (Å²) in [6.07, 6.45) is 9.57. The first-order valence-electron chi connectivity index (χ1n) is 5.22. The predicted octanol–water partition coefficient (Wildman–Crippen LogP) is 1.84. The number of rotatable bonds is 2. The van der Waals surface area contributed by atoms with E-state index in [-0.39, 0.29) is 0 Å². The van der Waals surface area contributed by atoms with Crippen molar-refractivity contribution in [3.63, 3.8) is 0 Å². The maximum Gasteiger partial charge on any atom is 0.0924 e. The monoisotopic (exact) mass is 210 g/mol. The molecule has 80 valence electrons. The maximum atomic E-state index is 4.02. The lowest BCUT2D eigenvalue weighted by Crippen LogP contribution is -2.22. The average Bonchev–Trinajstić information content (AvgIpc) is 2.81. The van der Waals surface area contributed by atoms with Gasteiger partial charge in [0.1, 0.15) is 0 Å². The van der Waals surface area contributed by atoms with E-state index in [4.69, 9.17) is 0 Å². The standard InChI is InChI=1S/C14H14N2/c1-3-4-5-12-8-13(7-6-11(12)2)14-9-15-10-16-14/h3-10H,2H2,1H3,(H,15,16)/b4-3-,12-5-. The highest BCUT2D eigenvalue weighted by Gasteiger charge is 1.97. The average molecular weight is 210 g/mol. The Labute approximate surface area is 94.7 Å². The highest BCUT2D eigenvalue weighted by Crippen LogP contribution is 2.11. The van der Waals surface area contributed by atoms with Crippen LogP contribution in [0.3, 0.4) is 0 Å². The molecule has 1 aromatic heterocycles. The van der Waals surface area contributed by atoms with Crippen molar-refractivity contribution in [2.24, 2.45) is 0 Å². The zero-order chi connectivity index (χ0) is 11.4. The third-order valence-electron chi connectivity index (χ3n) is 2.42. The first-order chi connectivity index (χ1) is 7.81. The van der Waals surface area contributed by atoms with Gasteiger partial charge in [-0.25, -0.2) is 4.98 Å². The first-order valence-corrected chi connectivity index (χ1v) is 5.22. The molecule has 16 heavy (non-hydrogen) atoms. The largest absolute Gasteiger partial charge is 0.345 e. The van der Waals surface area contributed by atoms with Crippen LogP contribution in [0.5, 0.6) is 0 Å². The third kappa shape index (κ3) is 2.11. The van der Waals surface area contributed by atoms with Crippen LogP contribution < -0.4 is 10.4 Å². The van der Waals surface area contributed by atoms with E-state index in [1.807, 2.05) is 37.4 Å². The van der Waals surface area contributed by atoms with Gasteiger partial charge in [-0.15, -0.1) is 0 Å². The Morgan fingerprint density at radius 3 is 2.94 bits per heavy atom. The third-order valence-corrected chi connectivity index (χ3v) is 2.42. The molecule has 0 amide bonds. The zero-order valence-electron chi connectivity index (χ0n) is 9.27. The van der Waals surface area contributed by atoms with Crippen LogP contribution in [0.1, 0.15) is 6.92 Å². The Balaban J connectivity index is 2.56. The van der Waals surface area contributed by atoms with Crippen molar-refractivity contribution in [3.05, 3.63) is 53.3 Å². The number of aromatic amines is 1. The summed E-state index contributed by atoms with van der Waals surface area (Å²) in [5, 5.41) is 2.16. The lowest BCUT2D eigenvalue weighted by Gasteiger charge is -1.97. The predicted molar refractivity (Wildman–Crippen MR) is 68.1 cm³/mol. The summed E-state index contributed by atoms with van der Waals surface area (Å²) in [5.74, 6) is 0. The van der Waals surface area contributed by atoms with Gasteiger partial charge >= 0.3 is 0 Å². The summed E-state index contributed by atoms with van der Waals surface area (Å²) < 4.78 is 0. The molecule has 0 saturated carbocycles. The molecule has 0 aliphatic heterocycles. The second-order valence-electron chi connectivity index (χ2n) is 3.57. The molecule has 0 bridgehead atoms. The van der Waals surface area contributed by atoms with Gasteiger partial charge in [0.05, 0.1) is 18.2 Å². The molecule has 0 unspecified atom stereocenters. The molecule has 0 fully saturated rings. The smallest absolute Gasteiger partial charge is 0.0924 e. The summed E-state index contributed by atoms with van der Waals surface area (Å²) in [6, 6.07) is 6.17. The van der Waals surface area contributed by atoms with E-state index in [0.29, 0.717) is 0 Å². The molecule has 1 heterocycles. The quantitative estimate of drug-likeness (QED) is 0.805. The maximum absolute atomic E-state index is 4.02. The van der Waals surface area contributed by atoms with Gasteiger partial charge in [0.15, 0.2) is 0 Å². The van der Waals surface area contributed by atoms with Crippen molar-refractivity contribution in [2.45, 2.75) is 6.92 Å². The van der Waals surface area contributed by atoms with Crippen LogP contribution in [-0.2, 0) is 0 Å². The zero-order valence-corrected chi connectivity index (χ0v) is 9.27. The fourth-order valence-corrected chi connectivity index (χ4v) is 1.53. The Bertz CT molecular complexity index is 592. The van der Waals surface area contributed by atoms with Gasteiger partial charge in [0.25, 0.3) is 0 Å². The molecule has 2 rings (SSSR count). The van der Waals surface area contributed by atoms with Gasteiger partial charge in [-0.1, -0.05) is 36.9 Å². The van der Waals surface area contributed by atoms with Crippen LogP contribution in [0.15, 0.2) is 42.9 Å². The van der Waals surface area contributed by atoms with E-state index in [9.17, 15) is 0 Å². The number of H-pyrrole nitrogens is 1. The molecule has 0 aliphatic rings. The second kappa shape index (κ2) is 4.62. The fourth-order valence-electron chi connectivity index (χ4n) is 1.53. The van der Waals surface area contributed by atoms with E-state index in [0.717, 1.165) is 21.7 Å².